The summed E-state index contributed by atoms with van der Waals surface area (Å²) < 4.78 is 0. The molecule has 3 unspecified atom stereocenters. The number of hydrogen-bond donors (Lipinski definition) is 1. The highest BCUT2D eigenvalue weighted by Crippen LogP contribution is 2.36. The number of nitro benzene ring substituents is 1. The van der Waals surface area contributed by atoms with E-state index in [0.717, 1.165) is 31.2 Å². The fourth-order valence-electron chi connectivity index (χ4n) is 3.44. The molecule has 0 heterocycles. The first-order valence-electron chi connectivity index (χ1n) is 7.89. The third-order valence-electron chi connectivity index (χ3n) is 4.90. The third-order valence-corrected chi connectivity index (χ3v) is 4.90. The highest BCUT2D eigenvalue weighted by Gasteiger charge is 2.30. The van der Waals surface area contributed by atoms with E-state index in [4.69, 9.17) is 0 Å². The van der Waals surface area contributed by atoms with Crippen molar-refractivity contribution in [1.29, 1.82) is 0 Å². The lowest BCUT2D eigenvalue weighted by atomic mass is 9.73. The summed E-state index contributed by atoms with van der Waals surface area (Å²) >= 11 is 0. The van der Waals surface area contributed by atoms with Gasteiger partial charge < -0.3 is 5.11 Å². The van der Waals surface area contributed by atoms with Crippen molar-refractivity contribution in [2.75, 3.05) is 0 Å². The molecule has 1 fully saturated rings. The maximum Gasteiger partial charge on any atom is 0.272 e. The van der Waals surface area contributed by atoms with Crippen molar-refractivity contribution in [3.8, 4) is 0 Å². The predicted molar refractivity (Wildman–Crippen MR) is 83.1 cm³/mol. The van der Waals surface area contributed by atoms with E-state index in [9.17, 15) is 15.2 Å². The molecule has 1 aromatic carbocycles. The van der Waals surface area contributed by atoms with Crippen molar-refractivity contribution in [2.45, 2.75) is 52.1 Å². The van der Waals surface area contributed by atoms with Crippen LogP contribution in [-0.4, -0.2) is 16.1 Å². The monoisotopic (exact) mass is 291 g/mol. The van der Waals surface area contributed by atoms with Crippen LogP contribution in [-0.2, 0) is 6.42 Å². The van der Waals surface area contributed by atoms with Gasteiger partial charge in [-0.3, -0.25) is 10.1 Å². The molecule has 116 valence electrons. The average molecular weight is 291 g/mol. The van der Waals surface area contributed by atoms with Gasteiger partial charge in [-0.15, -0.1) is 0 Å². The molecule has 0 aromatic heterocycles. The Hall–Kier alpha value is -1.42. The molecule has 0 spiro atoms. The molecule has 0 aliphatic heterocycles. The molecule has 1 aliphatic carbocycles. The zero-order valence-electron chi connectivity index (χ0n) is 12.9. The van der Waals surface area contributed by atoms with Gasteiger partial charge in [-0.05, 0) is 49.9 Å². The molecular formula is C17H25NO3. The molecule has 3 atom stereocenters. The second kappa shape index (κ2) is 7.03. The van der Waals surface area contributed by atoms with Gasteiger partial charge in [-0.2, -0.15) is 0 Å². The van der Waals surface area contributed by atoms with Crippen LogP contribution in [0.2, 0.25) is 0 Å². The molecule has 1 N–H and O–H groups in total. The van der Waals surface area contributed by atoms with E-state index < -0.39 is 0 Å². The maximum atomic E-state index is 11.0. The molecule has 4 nitrogen and oxygen atoms in total. The summed E-state index contributed by atoms with van der Waals surface area (Å²) in [5.41, 5.74) is 0.976. The molecule has 21 heavy (non-hydrogen) atoms. The van der Waals surface area contributed by atoms with E-state index in [-0.39, 0.29) is 22.6 Å². The highest BCUT2D eigenvalue weighted by molar-refractivity contribution is 5.39. The first kappa shape index (κ1) is 16.0. The van der Waals surface area contributed by atoms with Crippen molar-refractivity contribution in [3.05, 3.63) is 39.9 Å². The number of para-hydroxylation sites is 1. The molecule has 1 aromatic rings. The largest absolute Gasteiger partial charge is 0.393 e. The van der Waals surface area contributed by atoms with Crippen LogP contribution in [0, 0.1) is 27.9 Å². The van der Waals surface area contributed by atoms with E-state index in [1.54, 1.807) is 12.1 Å². The first-order chi connectivity index (χ1) is 9.99. The molecule has 0 saturated heterocycles. The van der Waals surface area contributed by atoms with Crippen LogP contribution in [0.15, 0.2) is 24.3 Å². The van der Waals surface area contributed by atoms with E-state index in [1.807, 2.05) is 12.1 Å². The lowest BCUT2D eigenvalue weighted by Gasteiger charge is -2.35. The Bertz CT molecular complexity index is 487. The zero-order chi connectivity index (χ0) is 15.4. The topological polar surface area (TPSA) is 63.4 Å². The molecule has 0 amide bonds. The molecular weight excluding hydrogens is 266 g/mol. The molecule has 1 saturated carbocycles. The molecule has 0 radical (unpaired) electrons. The van der Waals surface area contributed by atoms with Crippen LogP contribution < -0.4 is 0 Å². The minimum atomic E-state index is -0.316. The summed E-state index contributed by atoms with van der Waals surface area (Å²) in [6.45, 7) is 4.48. The average Bonchev–Trinajstić information content (AvgIpc) is 2.46. The van der Waals surface area contributed by atoms with Gasteiger partial charge >= 0.3 is 0 Å². The van der Waals surface area contributed by atoms with E-state index in [1.165, 1.54) is 0 Å². The molecule has 2 rings (SSSR count). The van der Waals surface area contributed by atoms with Gasteiger partial charge in [0, 0.05) is 11.6 Å². The van der Waals surface area contributed by atoms with Crippen LogP contribution in [0.1, 0.15) is 45.1 Å². The summed E-state index contributed by atoms with van der Waals surface area (Å²) in [6, 6.07) is 6.93. The summed E-state index contributed by atoms with van der Waals surface area (Å²) in [5, 5.41) is 21.2. The van der Waals surface area contributed by atoms with Gasteiger partial charge in [0.25, 0.3) is 5.69 Å². The highest BCUT2D eigenvalue weighted by atomic mass is 16.6. The summed E-state index contributed by atoms with van der Waals surface area (Å²) in [6.07, 6.45) is 4.26. The zero-order valence-corrected chi connectivity index (χ0v) is 12.9. The second-order valence-corrected chi connectivity index (χ2v) is 6.57. The Balaban J connectivity index is 2.00. The second-order valence-electron chi connectivity index (χ2n) is 6.57. The number of nitro groups is 1. The van der Waals surface area contributed by atoms with E-state index in [0.29, 0.717) is 18.3 Å². The Morgan fingerprint density at radius 3 is 2.71 bits per heavy atom. The van der Waals surface area contributed by atoms with Gasteiger partial charge in [0.2, 0.25) is 0 Å². The normalized spacial score (nSPS) is 26.0. The van der Waals surface area contributed by atoms with Crippen molar-refractivity contribution in [2.24, 2.45) is 17.8 Å². The van der Waals surface area contributed by atoms with Crippen LogP contribution >= 0.6 is 0 Å². The number of aryl methyl sites for hydroxylation is 1. The number of aliphatic hydroxyl groups is 1. The fraction of sp³-hybridized carbons (Fsp3) is 0.647. The van der Waals surface area contributed by atoms with Gasteiger partial charge in [-0.25, -0.2) is 0 Å². The Morgan fingerprint density at radius 2 is 2.05 bits per heavy atom. The molecule has 0 bridgehead atoms. The van der Waals surface area contributed by atoms with E-state index in [2.05, 4.69) is 13.8 Å². The van der Waals surface area contributed by atoms with Crippen LogP contribution in [0.5, 0.6) is 0 Å². The van der Waals surface area contributed by atoms with Crippen LogP contribution in [0.25, 0.3) is 0 Å². The van der Waals surface area contributed by atoms with Crippen LogP contribution in [0.3, 0.4) is 0 Å². The van der Waals surface area contributed by atoms with E-state index >= 15 is 0 Å². The third kappa shape index (κ3) is 4.03. The quantitative estimate of drug-likeness (QED) is 0.659. The van der Waals surface area contributed by atoms with Gasteiger partial charge in [-0.1, -0.05) is 32.0 Å². The number of hydrogen-bond acceptors (Lipinski definition) is 3. The summed E-state index contributed by atoms with van der Waals surface area (Å²) in [4.78, 5) is 10.7. The standard InChI is InChI=1S/C17H25NO3/c1-12(2)14-9-10-17(19)15(11-14)8-7-13-5-3-4-6-16(13)18(20)21/h3-6,12,14-15,17,19H,7-11H2,1-2H3. The summed E-state index contributed by atoms with van der Waals surface area (Å²) in [7, 11) is 0. The number of rotatable bonds is 5. The summed E-state index contributed by atoms with van der Waals surface area (Å²) in [5.74, 6) is 1.58. The number of nitrogens with zero attached hydrogens (tertiary/aromatic N) is 1. The van der Waals surface area contributed by atoms with Crippen molar-refractivity contribution < 1.29 is 10.0 Å². The smallest absolute Gasteiger partial charge is 0.272 e. The van der Waals surface area contributed by atoms with Gasteiger partial charge in [0.15, 0.2) is 0 Å². The minimum absolute atomic E-state index is 0.197. The fourth-order valence-corrected chi connectivity index (χ4v) is 3.44. The SMILES string of the molecule is CC(C)C1CCC(O)C(CCc2ccccc2[N+](=O)[O-])C1. The lowest BCUT2D eigenvalue weighted by Crippen LogP contribution is -2.31. The predicted octanol–water partition coefficient (Wildman–Crippen LogP) is 3.96. The number of aliphatic hydroxyl groups excluding tert-OH is 1. The molecule has 4 heteroatoms. The van der Waals surface area contributed by atoms with Gasteiger partial charge in [0.1, 0.15) is 0 Å². The Labute approximate surface area is 126 Å². The van der Waals surface area contributed by atoms with Crippen molar-refractivity contribution >= 4 is 5.69 Å². The maximum absolute atomic E-state index is 11.0. The van der Waals surface area contributed by atoms with Crippen LogP contribution in [0.4, 0.5) is 5.69 Å². The van der Waals surface area contributed by atoms with Crippen molar-refractivity contribution in [3.63, 3.8) is 0 Å². The first-order valence-corrected chi connectivity index (χ1v) is 7.89. The lowest BCUT2D eigenvalue weighted by molar-refractivity contribution is -0.385. The minimum Gasteiger partial charge on any atom is -0.393 e. The number of benzene rings is 1. The van der Waals surface area contributed by atoms with Gasteiger partial charge in [0.05, 0.1) is 11.0 Å². The Morgan fingerprint density at radius 1 is 1.33 bits per heavy atom. The molecule has 1 aliphatic rings. The van der Waals surface area contributed by atoms with Crippen molar-refractivity contribution in [1.82, 2.24) is 0 Å². The Kier molecular flexibility index (Phi) is 5.34.